The third kappa shape index (κ3) is 7.68. The topological polar surface area (TPSA) is 66.0 Å². The van der Waals surface area contributed by atoms with Crippen molar-refractivity contribution in [3.8, 4) is 0 Å². The van der Waals surface area contributed by atoms with E-state index in [4.69, 9.17) is 4.74 Å². The highest BCUT2D eigenvalue weighted by Gasteiger charge is 2.28. The van der Waals surface area contributed by atoms with E-state index in [-0.39, 0.29) is 11.9 Å². The van der Waals surface area contributed by atoms with Crippen LogP contribution in [0.1, 0.15) is 59.3 Å². The number of guanidine groups is 1. The first-order chi connectivity index (χ1) is 13.0. The van der Waals surface area contributed by atoms with Gasteiger partial charge in [0.15, 0.2) is 5.96 Å². The highest BCUT2D eigenvalue weighted by molar-refractivity contribution is 5.80. The Bertz CT molecular complexity index is 473. The lowest BCUT2D eigenvalue weighted by molar-refractivity contribution is -0.149. The fourth-order valence-corrected chi connectivity index (χ4v) is 4.36. The lowest BCUT2D eigenvalue weighted by Gasteiger charge is -2.34. The van der Waals surface area contributed by atoms with E-state index in [1.165, 1.54) is 32.5 Å². The molecular weight excluding hydrogens is 340 g/mol. The molecule has 2 N–H and O–H groups in total. The summed E-state index contributed by atoms with van der Waals surface area (Å²) in [5.41, 5.74) is 0. The zero-order valence-corrected chi connectivity index (χ0v) is 17.8. The van der Waals surface area contributed by atoms with Crippen LogP contribution in [-0.2, 0) is 9.53 Å². The Morgan fingerprint density at radius 3 is 2.59 bits per heavy atom. The predicted octanol–water partition coefficient (Wildman–Crippen LogP) is 2.64. The van der Waals surface area contributed by atoms with E-state index in [9.17, 15) is 4.79 Å². The summed E-state index contributed by atoms with van der Waals surface area (Å²) in [5.74, 6) is 2.37. The number of nitrogens with zero attached hydrogens (tertiary/aromatic N) is 2. The normalized spacial score (nSPS) is 27.4. The lowest BCUT2D eigenvalue weighted by atomic mass is 9.86. The molecular formula is C21H40N4O2. The van der Waals surface area contributed by atoms with Crippen molar-refractivity contribution in [2.24, 2.45) is 22.7 Å². The second-order valence-corrected chi connectivity index (χ2v) is 8.56. The fourth-order valence-electron chi connectivity index (χ4n) is 4.36. The Labute approximate surface area is 165 Å². The molecule has 156 valence electrons. The van der Waals surface area contributed by atoms with Crippen LogP contribution in [0.2, 0.25) is 0 Å². The molecule has 1 aliphatic carbocycles. The molecule has 2 aliphatic rings. The maximum Gasteiger partial charge on any atom is 0.308 e. The number of hydrogen-bond acceptors (Lipinski definition) is 4. The van der Waals surface area contributed by atoms with Crippen LogP contribution < -0.4 is 10.6 Å². The van der Waals surface area contributed by atoms with Crippen LogP contribution in [0.4, 0.5) is 0 Å². The molecule has 6 heteroatoms. The van der Waals surface area contributed by atoms with Crippen LogP contribution >= 0.6 is 0 Å². The standard InChI is InChI=1S/C21H40N4O2/c1-5-27-20(26)18-8-10-19(11-9-18)24-21(22-4)23-13-17-7-6-12-25(15-17)14-16(2)3/h16-19H,5-15H2,1-4H3,(H2,22,23,24). The zero-order valence-electron chi connectivity index (χ0n) is 17.8. The van der Waals surface area contributed by atoms with E-state index < -0.39 is 0 Å². The highest BCUT2D eigenvalue weighted by atomic mass is 16.5. The van der Waals surface area contributed by atoms with Gasteiger partial charge in [0.2, 0.25) is 0 Å². The highest BCUT2D eigenvalue weighted by Crippen LogP contribution is 2.25. The summed E-state index contributed by atoms with van der Waals surface area (Å²) in [5, 5.41) is 7.09. The van der Waals surface area contributed by atoms with Gasteiger partial charge in [-0.2, -0.15) is 0 Å². The SMILES string of the molecule is CCOC(=O)C1CCC(NC(=NC)NCC2CCCN(CC(C)C)C2)CC1. The molecule has 2 fully saturated rings. The molecule has 2 rings (SSSR count). The average molecular weight is 381 g/mol. The van der Waals surface area contributed by atoms with Gasteiger partial charge < -0.3 is 20.3 Å². The second kappa shape index (κ2) is 11.5. The van der Waals surface area contributed by atoms with Gasteiger partial charge in [-0.25, -0.2) is 0 Å². The molecule has 0 aromatic rings. The van der Waals surface area contributed by atoms with Crippen molar-refractivity contribution in [2.75, 3.05) is 39.8 Å². The summed E-state index contributed by atoms with van der Waals surface area (Å²) in [4.78, 5) is 18.9. The number of piperidine rings is 1. The van der Waals surface area contributed by atoms with Crippen molar-refractivity contribution in [1.29, 1.82) is 0 Å². The molecule has 1 unspecified atom stereocenters. The fraction of sp³-hybridized carbons (Fsp3) is 0.905. The first kappa shape index (κ1) is 22.0. The maximum absolute atomic E-state index is 11.9. The zero-order chi connectivity index (χ0) is 19.6. The van der Waals surface area contributed by atoms with Crippen LogP contribution in [0.3, 0.4) is 0 Å². The maximum atomic E-state index is 11.9. The Balaban J connectivity index is 1.69. The Kier molecular flexibility index (Phi) is 9.39. The van der Waals surface area contributed by atoms with E-state index in [2.05, 4.69) is 34.4 Å². The molecule has 1 atom stereocenters. The molecule has 1 heterocycles. The Hall–Kier alpha value is -1.30. The van der Waals surface area contributed by atoms with Crippen LogP contribution in [-0.4, -0.2) is 62.7 Å². The molecule has 1 saturated carbocycles. The molecule has 1 saturated heterocycles. The van der Waals surface area contributed by atoms with Gasteiger partial charge in [0, 0.05) is 32.7 Å². The average Bonchev–Trinajstić information content (AvgIpc) is 2.65. The van der Waals surface area contributed by atoms with Gasteiger partial charge in [-0.15, -0.1) is 0 Å². The summed E-state index contributed by atoms with van der Waals surface area (Å²) in [6.45, 7) is 11.5. The number of likely N-dealkylation sites (tertiary alicyclic amines) is 1. The summed E-state index contributed by atoms with van der Waals surface area (Å²) in [7, 11) is 1.84. The van der Waals surface area contributed by atoms with Gasteiger partial charge in [0.05, 0.1) is 12.5 Å². The molecule has 6 nitrogen and oxygen atoms in total. The number of esters is 1. The molecule has 1 aliphatic heterocycles. The van der Waals surface area contributed by atoms with Gasteiger partial charge in [-0.3, -0.25) is 9.79 Å². The number of hydrogen-bond donors (Lipinski definition) is 2. The first-order valence-electron chi connectivity index (χ1n) is 10.9. The van der Waals surface area contributed by atoms with Gasteiger partial charge in [-0.1, -0.05) is 13.8 Å². The molecule has 0 aromatic heterocycles. The van der Waals surface area contributed by atoms with Crippen LogP contribution in [0.5, 0.6) is 0 Å². The Morgan fingerprint density at radius 1 is 1.22 bits per heavy atom. The minimum atomic E-state index is -0.0262. The number of ether oxygens (including phenoxy) is 1. The smallest absolute Gasteiger partial charge is 0.308 e. The minimum absolute atomic E-state index is 0.0262. The van der Waals surface area contributed by atoms with E-state index in [0.29, 0.717) is 18.6 Å². The van der Waals surface area contributed by atoms with Gasteiger partial charge in [0.1, 0.15) is 0 Å². The summed E-state index contributed by atoms with van der Waals surface area (Å²) in [6.07, 6.45) is 6.39. The number of carbonyl (C=O) groups excluding carboxylic acids is 1. The third-order valence-electron chi connectivity index (χ3n) is 5.70. The summed E-state index contributed by atoms with van der Waals surface area (Å²) in [6, 6.07) is 0.394. The number of aliphatic imine (C=N–C) groups is 1. The monoisotopic (exact) mass is 380 g/mol. The number of carbonyl (C=O) groups is 1. The van der Waals surface area contributed by atoms with Crippen molar-refractivity contribution in [3.05, 3.63) is 0 Å². The van der Waals surface area contributed by atoms with Gasteiger partial charge >= 0.3 is 5.97 Å². The molecule has 0 bridgehead atoms. The van der Waals surface area contributed by atoms with Crippen molar-refractivity contribution in [3.63, 3.8) is 0 Å². The van der Waals surface area contributed by atoms with E-state index in [1.54, 1.807) is 0 Å². The van der Waals surface area contributed by atoms with Crippen LogP contribution in [0.25, 0.3) is 0 Å². The third-order valence-corrected chi connectivity index (χ3v) is 5.70. The van der Waals surface area contributed by atoms with Crippen molar-refractivity contribution >= 4 is 11.9 Å². The van der Waals surface area contributed by atoms with E-state index in [0.717, 1.165) is 44.1 Å². The van der Waals surface area contributed by atoms with Crippen LogP contribution in [0.15, 0.2) is 4.99 Å². The summed E-state index contributed by atoms with van der Waals surface area (Å²) >= 11 is 0. The Morgan fingerprint density at radius 2 is 1.96 bits per heavy atom. The number of nitrogens with one attached hydrogen (secondary N) is 2. The van der Waals surface area contributed by atoms with Gasteiger partial charge in [-0.05, 0) is 63.8 Å². The van der Waals surface area contributed by atoms with Crippen molar-refractivity contribution in [1.82, 2.24) is 15.5 Å². The number of rotatable bonds is 7. The lowest BCUT2D eigenvalue weighted by Crippen LogP contribution is -2.48. The largest absolute Gasteiger partial charge is 0.466 e. The predicted molar refractivity (Wildman–Crippen MR) is 111 cm³/mol. The van der Waals surface area contributed by atoms with Crippen LogP contribution in [0, 0.1) is 17.8 Å². The molecule has 0 spiro atoms. The van der Waals surface area contributed by atoms with Crippen molar-refractivity contribution in [2.45, 2.75) is 65.3 Å². The molecule has 27 heavy (non-hydrogen) atoms. The molecule has 0 amide bonds. The van der Waals surface area contributed by atoms with Crippen molar-refractivity contribution < 1.29 is 9.53 Å². The minimum Gasteiger partial charge on any atom is -0.466 e. The quantitative estimate of drug-likeness (QED) is 0.404. The first-order valence-corrected chi connectivity index (χ1v) is 10.9. The molecule has 0 aromatic carbocycles. The van der Waals surface area contributed by atoms with Gasteiger partial charge in [0.25, 0.3) is 0 Å². The molecule has 0 radical (unpaired) electrons. The second-order valence-electron chi connectivity index (χ2n) is 8.56. The van der Waals surface area contributed by atoms with E-state index in [1.807, 2.05) is 14.0 Å². The summed E-state index contributed by atoms with van der Waals surface area (Å²) < 4.78 is 5.16. The van der Waals surface area contributed by atoms with E-state index >= 15 is 0 Å².